The summed E-state index contributed by atoms with van der Waals surface area (Å²) >= 11 is 0. The van der Waals surface area contributed by atoms with E-state index in [1.165, 1.54) is 6.20 Å². The molecule has 0 aromatic carbocycles. The van der Waals surface area contributed by atoms with Gasteiger partial charge in [0, 0.05) is 24.5 Å². The van der Waals surface area contributed by atoms with Gasteiger partial charge in [0.25, 0.3) is 0 Å². The largest absolute Gasteiger partial charge is 0.419 e. The van der Waals surface area contributed by atoms with Gasteiger partial charge in [-0.25, -0.2) is 9.67 Å². The molecule has 0 amide bonds. The van der Waals surface area contributed by atoms with Crippen molar-refractivity contribution in [3.8, 4) is 5.82 Å². The van der Waals surface area contributed by atoms with E-state index in [9.17, 15) is 13.2 Å². The van der Waals surface area contributed by atoms with Gasteiger partial charge in [0.05, 0.1) is 11.8 Å². The number of hydrogen-bond donors (Lipinski definition) is 1. The fourth-order valence-electron chi connectivity index (χ4n) is 1.38. The maximum absolute atomic E-state index is 12.4. The second kappa shape index (κ2) is 4.17. The van der Waals surface area contributed by atoms with E-state index in [2.05, 4.69) is 10.1 Å². The first-order valence-corrected chi connectivity index (χ1v) is 4.78. The molecule has 2 heterocycles. The molecule has 0 spiro atoms. The minimum Gasteiger partial charge on any atom is -0.326 e. The number of nitrogens with zero attached hydrogens (tertiary/aromatic N) is 3. The summed E-state index contributed by atoms with van der Waals surface area (Å²) in [6, 6.07) is 3.36. The molecular weight excluding hydrogens is 233 g/mol. The number of halogens is 3. The van der Waals surface area contributed by atoms with Crippen LogP contribution in [0.5, 0.6) is 0 Å². The lowest BCUT2D eigenvalue weighted by molar-refractivity contribution is -0.137. The third-order valence-corrected chi connectivity index (χ3v) is 2.21. The topological polar surface area (TPSA) is 56.7 Å². The Morgan fingerprint density at radius 3 is 2.71 bits per heavy atom. The Labute approximate surface area is 94.9 Å². The van der Waals surface area contributed by atoms with Crippen molar-refractivity contribution in [3.63, 3.8) is 0 Å². The number of nitrogens with two attached hydrogens (primary N) is 1. The van der Waals surface area contributed by atoms with Gasteiger partial charge in [-0.3, -0.25) is 0 Å². The lowest BCUT2D eigenvalue weighted by atomic mass is 10.2. The Balaban J connectivity index is 2.44. The van der Waals surface area contributed by atoms with Gasteiger partial charge in [-0.2, -0.15) is 18.3 Å². The van der Waals surface area contributed by atoms with Crippen molar-refractivity contribution in [1.82, 2.24) is 14.8 Å². The zero-order chi connectivity index (χ0) is 12.5. The lowest BCUT2D eigenvalue weighted by Gasteiger charge is -2.05. The van der Waals surface area contributed by atoms with E-state index in [0.717, 1.165) is 17.1 Å². The molecule has 0 aliphatic carbocycles. The van der Waals surface area contributed by atoms with Gasteiger partial charge in [0.15, 0.2) is 5.82 Å². The molecule has 0 aliphatic rings. The van der Waals surface area contributed by atoms with E-state index in [-0.39, 0.29) is 6.54 Å². The summed E-state index contributed by atoms with van der Waals surface area (Å²) in [6.07, 6.45) is -1.28. The van der Waals surface area contributed by atoms with Crippen molar-refractivity contribution >= 4 is 0 Å². The molecular formula is C10H9F3N4. The van der Waals surface area contributed by atoms with Crippen LogP contribution in [0.1, 0.15) is 11.1 Å². The molecule has 17 heavy (non-hydrogen) atoms. The zero-order valence-corrected chi connectivity index (χ0v) is 8.65. The summed E-state index contributed by atoms with van der Waals surface area (Å²) in [6.45, 7) is 0.185. The standard InChI is InChI=1S/C10H9F3N4/c11-10(12,13)8-5-16-17(6-8)9-7(4-14)2-1-3-15-9/h1-3,5-6H,4,14H2. The SMILES string of the molecule is NCc1cccnc1-n1cc(C(F)(F)F)cn1. The van der Waals surface area contributed by atoms with Gasteiger partial charge in [-0.15, -0.1) is 0 Å². The van der Waals surface area contributed by atoms with Gasteiger partial charge < -0.3 is 5.73 Å². The van der Waals surface area contributed by atoms with Crippen LogP contribution in [0, 0.1) is 0 Å². The van der Waals surface area contributed by atoms with Gasteiger partial charge in [-0.1, -0.05) is 6.07 Å². The second-order valence-electron chi connectivity index (χ2n) is 3.36. The Bertz CT molecular complexity index is 518. The van der Waals surface area contributed by atoms with E-state index >= 15 is 0 Å². The van der Waals surface area contributed by atoms with Crippen LogP contribution >= 0.6 is 0 Å². The minimum absolute atomic E-state index is 0.185. The fraction of sp³-hybridized carbons (Fsp3) is 0.200. The molecule has 0 atom stereocenters. The number of hydrogen-bond acceptors (Lipinski definition) is 3. The highest BCUT2D eigenvalue weighted by Gasteiger charge is 2.32. The molecule has 0 fully saturated rings. The van der Waals surface area contributed by atoms with E-state index in [1.54, 1.807) is 12.1 Å². The Hall–Kier alpha value is -1.89. The van der Waals surface area contributed by atoms with Crippen LogP contribution in [0.2, 0.25) is 0 Å². The molecule has 7 heteroatoms. The monoisotopic (exact) mass is 242 g/mol. The molecule has 2 N–H and O–H groups in total. The molecule has 0 bridgehead atoms. The molecule has 2 aromatic rings. The first kappa shape index (κ1) is 11.6. The highest BCUT2D eigenvalue weighted by molar-refractivity contribution is 5.33. The molecule has 0 unspecified atom stereocenters. The first-order valence-electron chi connectivity index (χ1n) is 4.78. The van der Waals surface area contributed by atoms with Crippen molar-refractivity contribution in [3.05, 3.63) is 41.9 Å². The number of pyridine rings is 1. The van der Waals surface area contributed by atoms with E-state index < -0.39 is 11.7 Å². The van der Waals surface area contributed by atoms with E-state index in [4.69, 9.17) is 5.73 Å². The van der Waals surface area contributed by atoms with Crippen molar-refractivity contribution in [2.24, 2.45) is 5.73 Å². The van der Waals surface area contributed by atoms with Crippen molar-refractivity contribution in [2.45, 2.75) is 12.7 Å². The fourth-order valence-corrected chi connectivity index (χ4v) is 1.38. The summed E-state index contributed by atoms with van der Waals surface area (Å²) in [5.74, 6) is 0.311. The third-order valence-electron chi connectivity index (χ3n) is 2.21. The first-order chi connectivity index (χ1) is 8.02. The number of rotatable bonds is 2. The van der Waals surface area contributed by atoms with Crippen LogP contribution in [-0.2, 0) is 12.7 Å². The Kier molecular flexibility index (Phi) is 2.84. The van der Waals surface area contributed by atoms with Crippen LogP contribution in [0.4, 0.5) is 13.2 Å². The van der Waals surface area contributed by atoms with Crippen molar-refractivity contribution in [2.75, 3.05) is 0 Å². The molecule has 2 rings (SSSR count). The Morgan fingerprint density at radius 1 is 1.35 bits per heavy atom. The average molecular weight is 242 g/mol. The summed E-state index contributed by atoms with van der Waals surface area (Å²) in [7, 11) is 0. The van der Waals surface area contributed by atoms with Crippen LogP contribution in [0.15, 0.2) is 30.7 Å². The van der Waals surface area contributed by atoms with Crippen LogP contribution in [0.3, 0.4) is 0 Å². The van der Waals surface area contributed by atoms with Gasteiger partial charge in [-0.05, 0) is 6.07 Å². The predicted octanol–water partition coefficient (Wildman–Crippen LogP) is 1.74. The Morgan fingerprint density at radius 2 is 2.12 bits per heavy atom. The maximum Gasteiger partial charge on any atom is 0.419 e. The normalized spacial score (nSPS) is 11.8. The van der Waals surface area contributed by atoms with Crippen molar-refractivity contribution in [1.29, 1.82) is 0 Å². The summed E-state index contributed by atoms with van der Waals surface area (Å²) in [5, 5.41) is 3.64. The van der Waals surface area contributed by atoms with Gasteiger partial charge in [0.2, 0.25) is 0 Å². The minimum atomic E-state index is -4.41. The third kappa shape index (κ3) is 2.28. The smallest absolute Gasteiger partial charge is 0.326 e. The molecule has 0 aliphatic heterocycles. The number of aromatic nitrogens is 3. The predicted molar refractivity (Wildman–Crippen MR) is 54.3 cm³/mol. The zero-order valence-electron chi connectivity index (χ0n) is 8.65. The average Bonchev–Trinajstić information content (AvgIpc) is 2.77. The summed E-state index contributed by atoms with van der Waals surface area (Å²) in [4.78, 5) is 3.97. The van der Waals surface area contributed by atoms with Crippen LogP contribution < -0.4 is 5.73 Å². The number of alkyl halides is 3. The van der Waals surface area contributed by atoms with E-state index in [0.29, 0.717) is 11.4 Å². The van der Waals surface area contributed by atoms with Gasteiger partial charge >= 0.3 is 6.18 Å². The molecule has 2 aromatic heterocycles. The molecule has 0 saturated heterocycles. The highest BCUT2D eigenvalue weighted by Crippen LogP contribution is 2.29. The summed E-state index contributed by atoms with van der Waals surface area (Å²) in [5.41, 5.74) is 5.29. The van der Waals surface area contributed by atoms with Crippen LogP contribution in [-0.4, -0.2) is 14.8 Å². The van der Waals surface area contributed by atoms with E-state index in [1.807, 2.05) is 0 Å². The molecule has 90 valence electrons. The quantitative estimate of drug-likeness (QED) is 0.872. The molecule has 4 nitrogen and oxygen atoms in total. The molecule has 0 radical (unpaired) electrons. The lowest BCUT2D eigenvalue weighted by Crippen LogP contribution is -2.07. The molecule has 0 saturated carbocycles. The maximum atomic E-state index is 12.4. The highest BCUT2D eigenvalue weighted by atomic mass is 19.4. The van der Waals surface area contributed by atoms with Crippen LogP contribution in [0.25, 0.3) is 5.82 Å². The van der Waals surface area contributed by atoms with Crippen molar-refractivity contribution < 1.29 is 13.2 Å². The summed E-state index contributed by atoms with van der Waals surface area (Å²) < 4.78 is 38.3. The van der Waals surface area contributed by atoms with Gasteiger partial charge in [0.1, 0.15) is 0 Å². The second-order valence-corrected chi connectivity index (χ2v) is 3.36.